The van der Waals surface area contributed by atoms with Crippen LogP contribution in [0, 0.1) is 0 Å². The van der Waals surface area contributed by atoms with Crippen LogP contribution in [0.1, 0.15) is 71.1 Å². The number of hydrogen-bond donors (Lipinski definition) is 0. The standard InChI is InChI=1S/C18H37NO2/c1-5-6-7-8-9-10-11-12-13-14-15-20-17-21-18(2)16-19(3)4/h2,5-17H2,1,3-4H3. The molecule has 0 aromatic carbocycles. The Morgan fingerprint density at radius 1 is 0.857 bits per heavy atom. The number of unbranched alkanes of at least 4 members (excludes halogenated alkanes) is 9. The van der Waals surface area contributed by atoms with Crippen LogP contribution in [0.3, 0.4) is 0 Å². The molecule has 0 aliphatic carbocycles. The van der Waals surface area contributed by atoms with Crippen molar-refractivity contribution in [3.8, 4) is 0 Å². The summed E-state index contributed by atoms with van der Waals surface area (Å²) in [5.74, 6) is 0.767. The van der Waals surface area contributed by atoms with Gasteiger partial charge in [-0.3, -0.25) is 0 Å². The fourth-order valence-electron chi connectivity index (χ4n) is 2.27. The van der Waals surface area contributed by atoms with Gasteiger partial charge in [-0.05, 0) is 20.5 Å². The fourth-order valence-corrected chi connectivity index (χ4v) is 2.27. The summed E-state index contributed by atoms with van der Waals surface area (Å²) in [7, 11) is 4.00. The molecule has 3 heteroatoms. The van der Waals surface area contributed by atoms with E-state index in [4.69, 9.17) is 9.47 Å². The van der Waals surface area contributed by atoms with Gasteiger partial charge in [0.25, 0.3) is 0 Å². The summed E-state index contributed by atoms with van der Waals surface area (Å²) < 4.78 is 10.8. The van der Waals surface area contributed by atoms with Gasteiger partial charge in [-0.2, -0.15) is 0 Å². The van der Waals surface area contributed by atoms with Gasteiger partial charge < -0.3 is 14.4 Å². The predicted octanol–water partition coefficient (Wildman–Crippen LogP) is 4.97. The summed E-state index contributed by atoms with van der Waals surface area (Å²) in [6, 6.07) is 0. The molecule has 0 aromatic rings. The highest BCUT2D eigenvalue weighted by Gasteiger charge is 1.97. The third kappa shape index (κ3) is 17.4. The van der Waals surface area contributed by atoms with Crippen molar-refractivity contribution in [3.63, 3.8) is 0 Å². The van der Waals surface area contributed by atoms with Crippen LogP contribution in [-0.2, 0) is 9.47 Å². The maximum Gasteiger partial charge on any atom is 0.188 e. The molecule has 0 aliphatic heterocycles. The second-order valence-electron chi connectivity index (χ2n) is 6.13. The van der Waals surface area contributed by atoms with Crippen molar-refractivity contribution in [2.24, 2.45) is 0 Å². The van der Waals surface area contributed by atoms with Crippen molar-refractivity contribution >= 4 is 0 Å². The average molecular weight is 299 g/mol. The van der Waals surface area contributed by atoms with E-state index < -0.39 is 0 Å². The summed E-state index contributed by atoms with van der Waals surface area (Å²) in [4.78, 5) is 2.03. The first-order valence-corrected chi connectivity index (χ1v) is 8.70. The van der Waals surface area contributed by atoms with E-state index in [1.807, 2.05) is 19.0 Å². The number of nitrogens with zero attached hydrogens (tertiary/aromatic N) is 1. The topological polar surface area (TPSA) is 21.7 Å². The molecule has 3 nitrogen and oxygen atoms in total. The van der Waals surface area contributed by atoms with Crippen molar-refractivity contribution < 1.29 is 9.47 Å². The molecule has 0 N–H and O–H groups in total. The number of ether oxygens (including phenoxy) is 2. The van der Waals surface area contributed by atoms with Gasteiger partial charge in [0.1, 0.15) is 5.76 Å². The number of rotatable bonds is 16. The van der Waals surface area contributed by atoms with E-state index in [9.17, 15) is 0 Å². The molecule has 126 valence electrons. The number of likely N-dealkylation sites (N-methyl/N-ethyl adjacent to an activating group) is 1. The Morgan fingerprint density at radius 2 is 1.38 bits per heavy atom. The lowest BCUT2D eigenvalue weighted by Crippen LogP contribution is -2.16. The van der Waals surface area contributed by atoms with Crippen molar-refractivity contribution in [1.82, 2.24) is 4.90 Å². The molecule has 0 amide bonds. The summed E-state index contributed by atoms with van der Waals surface area (Å²) >= 11 is 0. The van der Waals surface area contributed by atoms with Crippen LogP contribution >= 0.6 is 0 Å². The van der Waals surface area contributed by atoms with Crippen LogP contribution in [0.5, 0.6) is 0 Å². The maximum absolute atomic E-state index is 5.46. The molecule has 0 aliphatic rings. The maximum atomic E-state index is 5.46. The SMILES string of the molecule is C=C(CN(C)C)OCOCCCCCCCCCCCC. The second kappa shape index (κ2) is 15.8. The van der Waals surface area contributed by atoms with Crippen LogP contribution < -0.4 is 0 Å². The molecule has 0 saturated heterocycles. The molecule has 21 heavy (non-hydrogen) atoms. The Bertz CT molecular complexity index is 229. The summed E-state index contributed by atoms with van der Waals surface area (Å²) in [6.07, 6.45) is 13.5. The van der Waals surface area contributed by atoms with Gasteiger partial charge in [-0.15, -0.1) is 0 Å². The van der Waals surface area contributed by atoms with Gasteiger partial charge in [0, 0.05) is 0 Å². The molecule has 0 radical (unpaired) electrons. The van der Waals surface area contributed by atoms with Crippen LogP contribution in [0.2, 0.25) is 0 Å². The zero-order valence-corrected chi connectivity index (χ0v) is 14.7. The summed E-state index contributed by atoms with van der Waals surface area (Å²) in [6.45, 7) is 8.00. The Kier molecular flexibility index (Phi) is 15.4. The molecule has 0 rings (SSSR count). The fraction of sp³-hybridized carbons (Fsp3) is 0.889. The Balaban J connectivity index is 3.07. The van der Waals surface area contributed by atoms with E-state index in [0.717, 1.165) is 25.3 Å². The van der Waals surface area contributed by atoms with E-state index in [1.54, 1.807) is 0 Å². The Labute approximate surface area is 132 Å². The minimum atomic E-state index is 0.337. The smallest absolute Gasteiger partial charge is 0.188 e. The zero-order valence-electron chi connectivity index (χ0n) is 14.7. The van der Waals surface area contributed by atoms with Crippen LogP contribution in [0.25, 0.3) is 0 Å². The van der Waals surface area contributed by atoms with Gasteiger partial charge in [0.05, 0.1) is 13.2 Å². The lowest BCUT2D eigenvalue weighted by atomic mass is 10.1. The Morgan fingerprint density at radius 3 is 1.90 bits per heavy atom. The largest absolute Gasteiger partial charge is 0.471 e. The number of hydrogen-bond acceptors (Lipinski definition) is 3. The lowest BCUT2D eigenvalue weighted by molar-refractivity contribution is -0.0277. The predicted molar refractivity (Wildman–Crippen MR) is 91.4 cm³/mol. The quantitative estimate of drug-likeness (QED) is 0.228. The van der Waals surface area contributed by atoms with Crippen LogP contribution in [-0.4, -0.2) is 38.9 Å². The third-order valence-electron chi connectivity index (χ3n) is 3.48. The van der Waals surface area contributed by atoms with E-state index in [-0.39, 0.29) is 0 Å². The summed E-state index contributed by atoms with van der Waals surface area (Å²) in [5.41, 5.74) is 0. The molecule has 0 unspecified atom stereocenters. The molecular weight excluding hydrogens is 262 g/mol. The summed E-state index contributed by atoms with van der Waals surface area (Å²) in [5, 5.41) is 0. The highest BCUT2D eigenvalue weighted by molar-refractivity contribution is 4.84. The molecule has 0 bridgehead atoms. The molecule has 0 fully saturated rings. The van der Waals surface area contributed by atoms with Crippen LogP contribution in [0.4, 0.5) is 0 Å². The zero-order chi connectivity index (χ0) is 15.8. The average Bonchev–Trinajstić information content (AvgIpc) is 2.43. The van der Waals surface area contributed by atoms with E-state index in [2.05, 4.69) is 13.5 Å². The third-order valence-corrected chi connectivity index (χ3v) is 3.48. The van der Waals surface area contributed by atoms with Gasteiger partial charge in [0.15, 0.2) is 6.79 Å². The van der Waals surface area contributed by atoms with Crippen molar-refractivity contribution in [2.45, 2.75) is 71.1 Å². The normalized spacial score (nSPS) is 11.0. The van der Waals surface area contributed by atoms with Gasteiger partial charge >= 0.3 is 0 Å². The van der Waals surface area contributed by atoms with Gasteiger partial charge in [-0.25, -0.2) is 0 Å². The van der Waals surface area contributed by atoms with E-state index >= 15 is 0 Å². The second-order valence-corrected chi connectivity index (χ2v) is 6.13. The van der Waals surface area contributed by atoms with Crippen molar-refractivity contribution in [1.29, 1.82) is 0 Å². The van der Waals surface area contributed by atoms with Crippen molar-refractivity contribution in [2.75, 3.05) is 34.0 Å². The molecule has 0 aromatic heterocycles. The highest BCUT2D eigenvalue weighted by atomic mass is 16.7. The van der Waals surface area contributed by atoms with E-state index in [1.165, 1.54) is 57.8 Å². The van der Waals surface area contributed by atoms with Gasteiger partial charge in [-0.1, -0.05) is 71.3 Å². The Hall–Kier alpha value is -0.540. The monoisotopic (exact) mass is 299 g/mol. The first-order chi connectivity index (χ1) is 10.2. The first-order valence-electron chi connectivity index (χ1n) is 8.70. The first kappa shape index (κ1) is 20.5. The molecule has 0 spiro atoms. The molecular formula is C18H37NO2. The van der Waals surface area contributed by atoms with Crippen molar-refractivity contribution in [3.05, 3.63) is 12.3 Å². The highest BCUT2D eigenvalue weighted by Crippen LogP contribution is 2.10. The van der Waals surface area contributed by atoms with E-state index in [0.29, 0.717) is 6.79 Å². The van der Waals surface area contributed by atoms with Crippen LogP contribution in [0.15, 0.2) is 12.3 Å². The minimum absolute atomic E-state index is 0.337. The molecule has 0 heterocycles. The van der Waals surface area contributed by atoms with Gasteiger partial charge in [0.2, 0.25) is 0 Å². The lowest BCUT2D eigenvalue weighted by Gasteiger charge is -2.13. The minimum Gasteiger partial charge on any atom is -0.471 e. The molecule has 0 saturated carbocycles. The molecule has 0 atom stereocenters.